The van der Waals surface area contributed by atoms with Gasteiger partial charge in [0.25, 0.3) is 5.91 Å². The van der Waals surface area contributed by atoms with Crippen molar-refractivity contribution in [2.45, 2.75) is 33.6 Å². The number of amides is 2. The monoisotopic (exact) mass is 291 g/mol. The molecule has 0 saturated carbocycles. The summed E-state index contributed by atoms with van der Waals surface area (Å²) < 4.78 is 0. The van der Waals surface area contributed by atoms with Crippen LogP contribution in [0.25, 0.3) is 0 Å². The van der Waals surface area contributed by atoms with Crippen LogP contribution in [0.3, 0.4) is 0 Å². The quantitative estimate of drug-likeness (QED) is 0.719. The van der Waals surface area contributed by atoms with Crippen LogP contribution in [-0.2, 0) is 4.79 Å². The third kappa shape index (κ3) is 5.19. The van der Waals surface area contributed by atoms with Gasteiger partial charge in [-0.05, 0) is 50.1 Å². The van der Waals surface area contributed by atoms with Gasteiger partial charge >= 0.3 is 0 Å². The van der Waals surface area contributed by atoms with Crippen LogP contribution in [0, 0.1) is 12.8 Å². The predicted octanol–water partition coefficient (Wildman–Crippen LogP) is 2.06. The smallest absolute Gasteiger partial charge is 0.251 e. The van der Waals surface area contributed by atoms with Crippen molar-refractivity contribution in [2.24, 2.45) is 11.7 Å². The highest BCUT2D eigenvalue weighted by atomic mass is 16.2. The van der Waals surface area contributed by atoms with E-state index in [2.05, 4.69) is 10.6 Å². The van der Waals surface area contributed by atoms with Crippen LogP contribution in [0.1, 0.15) is 42.6 Å². The molecule has 1 atom stereocenters. The molecule has 0 bridgehead atoms. The van der Waals surface area contributed by atoms with Gasteiger partial charge < -0.3 is 16.4 Å². The summed E-state index contributed by atoms with van der Waals surface area (Å²) in [5.41, 5.74) is 7.81. The predicted molar refractivity (Wildman–Crippen MR) is 85.3 cm³/mol. The fourth-order valence-electron chi connectivity index (χ4n) is 2.07. The second kappa shape index (κ2) is 8.42. The molecule has 0 aliphatic heterocycles. The van der Waals surface area contributed by atoms with Crippen molar-refractivity contribution in [3.8, 4) is 0 Å². The molecule has 0 heterocycles. The molecular formula is C16H25N3O2. The number of nitrogens with two attached hydrogens (primary N) is 1. The standard InChI is InChI=1S/C16H25N3O2/c1-4-12(10-17)9-15(20)19-14-7-6-13(8-11(14)3)16(21)18-5-2/h6-8,12H,4-5,9-10,17H2,1-3H3,(H,18,21)(H,19,20). The molecule has 21 heavy (non-hydrogen) atoms. The van der Waals surface area contributed by atoms with E-state index in [1.54, 1.807) is 18.2 Å². The maximum atomic E-state index is 12.0. The van der Waals surface area contributed by atoms with Crippen molar-refractivity contribution < 1.29 is 9.59 Å². The molecule has 1 aromatic carbocycles. The molecule has 0 saturated heterocycles. The lowest BCUT2D eigenvalue weighted by Gasteiger charge is -2.14. The van der Waals surface area contributed by atoms with Crippen molar-refractivity contribution >= 4 is 17.5 Å². The molecule has 0 fully saturated rings. The van der Waals surface area contributed by atoms with Crippen molar-refractivity contribution in [1.82, 2.24) is 5.32 Å². The lowest BCUT2D eigenvalue weighted by atomic mass is 10.0. The lowest BCUT2D eigenvalue weighted by Crippen LogP contribution is -2.23. The summed E-state index contributed by atoms with van der Waals surface area (Å²) in [5, 5.41) is 5.63. The number of carbonyl (C=O) groups is 2. The summed E-state index contributed by atoms with van der Waals surface area (Å²) in [4.78, 5) is 23.7. The minimum Gasteiger partial charge on any atom is -0.352 e. The molecule has 0 aromatic heterocycles. The minimum absolute atomic E-state index is 0.0406. The zero-order valence-corrected chi connectivity index (χ0v) is 13.0. The summed E-state index contributed by atoms with van der Waals surface area (Å²) >= 11 is 0. The van der Waals surface area contributed by atoms with E-state index in [1.807, 2.05) is 20.8 Å². The van der Waals surface area contributed by atoms with Crippen LogP contribution in [0.5, 0.6) is 0 Å². The highest BCUT2D eigenvalue weighted by molar-refractivity contribution is 5.96. The Balaban J connectivity index is 2.72. The van der Waals surface area contributed by atoms with Crippen molar-refractivity contribution in [2.75, 3.05) is 18.4 Å². The Hall–Kier alpha value is -1.88. The molecule has 0 aliphatic rings. The van der Waals surface area contributed by atoms with E-state index in [9.17, 15) is 9.59 Å². The maximum Gasteiger partial charge on any atom is 0.251 e. The Kier molecular flexibility index (Phi) is 6.88. The highest BCUT2D eigenvalue weighted by Gasteiger charge is 2.12. The molecule has 2 amide bonds. The van der Waals surface area contributed by atoms with E-state index >= 15 is 0 Å². The zero-order valence-electron chi connectivity index (χ0n) is 13.0. The van der Waals surface area contributed by atoms with E-state index in [0.29, 0.717) is 25.1 Å². The molecule has 0 radical (unpaired) electrons. The number of rotatable bonds is 7. The van der Waals surface area contributed by atoms with Crippen LogP contribution in [0.2, 0.25) is 0 Å². The molecule has 0 aliphatic carbocycles. The third-order valence-corrected chi connectivity index (χ3v) is 3.48. The average molecular weight is 291 g/mol. The number of anilines is 1. The normalized spacial score (nSPS) is 11.8. The zero-order chi connectivity index (χ0) is 15.8. The first-order valence-corrected chi connectivity index (χ1v) is 7.40. The molecule has 116 valence electrons. The van der Waals surface area contributed by atoms with Crippen LogP contribution >= 0.6 is 0 Å². The van der Waals surface area contributed by atoms with Gasteiger partial charge in [-0.25, -0.2) is 0 Å². The van der Waals surface area contributed by atoms with Gasteiger partial charge in [-0.3, -0.25) is 9.59 Å². The van der Waals surface area contributed by atoms with E-state index in [0.717, 1.165) is 17.7 Å². The Morgan fingerprint density at radius 2 is 2.00 bits per heavy atom. The van der Waals surface area contributed by atoms with E-state index in [1.165, 1.54) is 0 Å². The lowest BCUT2D eigenvalue weighted by molar-refractivity contribution is -0.117. The second-order valence-corrected chi connectivity index (χ2v) is 5.15. The Labute approximate surface area is 126 Å². The first kappa shape index (κ1) is 17.2. The topological polar surface area (TPSA) is 84.2 Å². The molecule has 1 unspecified atom stereocenters. The van der Waals surface area contributed by atoms with Gasteiger partial charge in [-0.1, -0.05) is 13.3 Å². The van der Waals surface area contributed by atoms with Crippen molar-refractivity contribution in [1.29, 1.82) is 0 Å². The van der Waals surface area contributed by atoms with E-state index in [-0.39, 0.29) is 17.7 Å². The summed E-state index contributed by atoms with van der Waals surface area (Å²) in [7, 11) is 0. The number of hydrogen-bond acceptors (Lipinski definition) is 3. The highest BCUT2D eigenvalue weighted by Crippen LogP contribution is 2.18. The van der Waals surface area contributed by atoms with E-state index in [4.69, 9.17) is 5.73 Å². The van der Waals surface area contributed by atoms with Crippen molar-refractivity contribution in [3.05, 3.63) is 29.3 Å². The fourth-order valence-corrected chi connectivity index (χ4v) is 2.07. The van der Waals surface area contributed by atoms with Gasteiger partial charge in [0.05, 0.1) is 0 Å². The van der Waals surface area contributed by atoms with Gasteiger partial charge in [0.2, 0.25) is 5.91 Å². The molecule has 5 heteroatoms. The number of nitrogens with one attached hydrogen (secondary N) is 2. The summed E-state index contributed by atoms with van der Waals surface area (Å²) in [6, 6.07) is 5.26. The molecule has 4 N–H and O–H groups in total. The average Bonchev–Trinajstić information content (AvgIpc) is 2.47. The molecule has 0 spiro atoms. The molecule has 1 rings (SSSR count). The molecule has 1 aromatic rings. The number of carbonyl (C=O) groups excluding carboxylic acids is 2. The summed E-state index contributed by atoms with van der Waals surface area (Å²) in [6.07, 6.45) is 1.31. The number of aryl methyl sites for hydroxylation is 1. The van der Waals surface area contributed by atoms with E-state index < -0.39 is 0 Å². The van der Waals surface area contributed by atoms with Crippen LogP contribution in [0.15, 0.2) is 18.2 Å². The van der Waals surface area contributed by atoms with Gasteiger partial charge in [-0.2, -0.15) is 0 Å². The number of benzene rings is 1. The summed E-state index contributed by atoms with van der Waals surface area (Å²) in [6.45, 7) is 6.88. The van der Waals surface area contributed by atoms with Crippen LogP contribution in [-0.4, -0.2) is 24.9 Å². The van der Waals surface area contributed by atoms with Gasteiger partial charge in [0.15, 0.2) is 0 Å². The largest absolute Gasteiger partial charge is 0.352 e. The van der Waals surface area contributed by atoms with Crippen molar-refractivity contribution in [3.63, 3.8) is 0 Å². The summed E-state index contributed by atoms with van der Waals surface area (Å²) in [5.74, 6) is 0.0636. The molecular weight excluding hydrogens is 266 g/mol. The van der Waals surface area contributed by atoms with Crippen LogP contribution in [0.4, 0.5) is 5.69 Å². The Morgan fingerprint density at radius 1 is 1.29 bits per heavy atom. The van der Waals surface area contributed by atoms with Gasteiger partial charge in [-0.15, -0.1) is 0 Å². The first-order valence-electron chi connectivity index (χ1n) is 7.40. The Bertz CT molecular complexity index is 496. The molecule has 5 nitrogen and oxygen atoms in total. The Morgan fingerprint density at radius 3 is 2.52 bits per heavy atom. The minimum atomic E-state index is -0.104. The maximum absolute atomic E-state index is 12.0. The number of hydrogen-bond donors (Lipinski definition) is 3. The van der Waals surface area contributed by atoms with Gasteiger partial charge in [0.1, 0.15) is 0 Å². The second-order valence-electron chi connectivity index (χ2n) is 5.15. The third-order valence-electron chi connectivity index (χ3n) is 3.48. The SMILES string of the molecule is CCNC(=O)c1ccc(NC(=O)CC(CC)CN)c(C)c1. The first-order chi connectivity index (χ1) is 10.0. The fraction of sp³-hybridized carbons (Fsp3) is 0.500. The van der Waals surface area contributed by atoms with Gasteiger partial charge in [0, 0.05) is 24.2 Å². The van der Waals surface area contributed by atoms with Crippen LogP contribution < -0.4 is 16.4 Å².